The average molecular weight is 620 g/mol. The van der Waals surface area contributed by atoms with Crippen LogP contribution in [0.3, 0.4) is 0 Å². The fourth-order valence-corrected chi connectivity index (χ4v) is 7.79. The van der Waals surface area contributed by atoms with E-state index < -0.39 is 0 Å². The second-order valence-corrected chi connectivity index (χ2v) is 12.9. The first-order chi connectivity index (χ1) is 23.3. The molecule has 0 aliphatic carbocycles. The molecule has 0 aliphatic rings. The van der Waals surface area contributed by atoms with Crippen LogP contribution in [0.4, 0.5) is 0 Å². The van der Waals surface area contributed by atoms with Gasteiger partial charge in [0.15, 0.2) is 5.58 Å². The highest BCUT2D eigenvalue weighted by Crippen LogP contribution is 2.39. The molecule has 0 aliphatic heterocycles. The van der Waals surface area contributed by atoms with Crippen molar-refractivity contribution in [2.75, 3.05) is 0 Å². The number of hydrogen-bond acceptors (Lipinski definition) is 4. The number of benzene rings is 7. The van der Waals surface area contributed by atoms with Crippen molar-refractivity contribution in [2.24, 2.45) is 0 Å². The summed E-state index contributed by atoms with van der Waals surface area (Å²) in [6, 6.07) is 53.5. The molecule has 0 atom stereocenters. The molecule has 0 amide bonds. The highest BCUT2D eigenvalue weighted by atomic mass is 32.1. The largest absolute Gasteiger partial charge is 0.436 e. The number of rotatable bonds is 4. The van der Waals surface area contributed by atoms with E-state index in [0.717, 1.165) is 60.2 Å². The van der Waals surface area contributed by atoms with Crippen molar-refractivity contribution >= 4 is 65.2 Å². The summed E-state index contributed by atoms with van der Waals surface area (Å²) in [6.45, 7) is 0. The Morgan fingerprint density at radius 1 is 0.511 bits per heavy atom. The van der Waals surface area contributed by atoms with Crippen molar-refractivity contribution in [1.29, 1.82) is 0 Å². The molecular weight excluding hydrogens is 595 g/mol. The highest BCUT2D eigenvalue weighted by Gasteiger charge is 2.17. The molecule has 0 bridgehead atoms. The van der Waals surface area contributed by atoms with Gasteiger partial charge in [-0.25, -0.2) is 9.97 Å². The Labute approximate surface area is 273 Å². The number of fused-ring (bicyclic) bond motifs is 6. The van der Waals surface area contributed by atoms with Gasteiger partial charge in [0, 0.05) is 27.6 Å². The van der Waals surface area contributed by atoms with Crippen LogP contribution >= 0.6 is 11.3 Å². The third-order valence-electron chi connectivity index (χ3n) is 9.07. The lowest BCUT2D eigenvalue weighted by atomic mass is 9.98. The minimum absolute atomic E-state index is 0.621. The Kier molecular flexibility index (Phi) is 5.71. The number of thiazole rings is 1. The van der Waals surface area contributed by atoms with Crippen LogP contribution in [0.1, 0.15) is 0 Å². The molecule has 47 heavy (non-hydrogen) atoms. The summed E-state index contributed by atoms with van der Waals surface area (Å²) in [6.07, 6.45) is 0. The maximum atomic E-state index is 6.19. The molecule has 0 saturated heterocycles. The molecular formula is C42H25N3OS. The normalized spacial score (nSPS) is 11.8. The van der Waals surface area contributed by atoms with Gasteiger partial charge in [-0.3, -0.25) is 0 Å². The fourth-order valence-electron chi connectivity index (χ4n) is 6.83. The number of aromatic nitrogens is 3. The summed E-state index contributed by atoms with van der Waals surface area (Å²) in [5, 5.41) is 5.82. The van der Waals surface area contributed by atoms with E-state index in [2.05, 4.69) is 126 Å². The molecule has 10 rings (SSSR count). The zero-order chi connectivity index (χ0) is 30.9. The molecule has 0 fully saturated rings. The summed E-state index contributed by atoms with van der Waals surface area (Å²) >= 11 is 1.73. The maximum absolute atomic E-state index is 6.19. The van der Waals surface area contributed by atoms with E-state index in [1.54, 1.807) is 11.3 Å². The molecule has 7 aromatic carbocycles. The van der Waals surface area contributed by atoms with Gasteiger partial charge in [0.25, 0.3) is 0 Å². The van der Waals surface area contributed by atoms with Crippen molar-refractivity contribution < 1.29 is 4.42 Å². The van der Waals surface area contributed by atoms with Gasteiger partial charge in [-0.1, -0.05) is 78.9 Å². The van der Waals surface area contributed by atoms with Gasteiger partial charge >= 0.3 is 0 Å². The third kappa shape index (κ3) is 4.21. The van der Waals surface area contributed by atoms with E-state index in [4.69, 9.17) is 14.4 Å². The summed E-state index contributed by atoms with van der Waals surface area (Å²) in [4.78, 5) is 9.77. The minimum atomic E-state index is 0.621. The van der Waals surface area contributed by atoms with Gasteiger partial charge in [0.1, 0.15) is 10.5 Å². The predicted molar refractivity (Wildman–Crippen MR) is 195 cm³/mol. The van der Waals surface area contributed by atoms with E-state index in [1.165, 1.54) is 26.6 Å². The lowest BCUT2D eigenvalue weighted by Crippen LogP contribution is -1.94. The van der Waals surface area contributed by atoms with Gasteiger partial charge in [-0.05, 0) is 94.7 Å². The van der Waals surface area contributed by atoms with E-state index >= 15 is 0 Å². The lowest BCUT2D eigenvalue weighted by molar-refractivity contribution is 0.620. The quantitative estimate of drug-likeness (QED) is 0.197. The van der Waals surface area contributed by atoms with Crippen molar-refractivity contribution in [2.45, 2.75) is 0 Å². The van der Waals surface area contributed by atoms with Gasteiger partial charge in [-0.15, -0.1) is 11.3 Å². The topological polar surface area (TPSA) is 43.9 Å². The first-order valence-corrected chi connectivity index (χ1v) is 16.5. The number of hydrogen-bond donors (Lipinski definition) is 0. The van der Waals surface area contributed by atoms with Crippen molar-refractivity contribution in [3.63, 3.8) is 0 Å². The van der Waals surface area contributed by atoms with E-state index in [9.17, 15) is 0 Å². The molecule has 3 heterocycles. The third-order valence-corrected chi connectivity index (χ3v) is 10.2. The Morgan fingerprint density at radius 3 is 2.02 bits per heavy atom. The number of para-hydroxylation sites is 3. The van der Waals surface area contributed by atoms with Crippen molar-refractivity contribution in [1.82, 2.24) is 14.5 Å². The zero-order valence-electron chi connectivity index (χ0n) is 25.1. The van der Waals surface area contributed by atoms with Crippen LogP contribution < -0.4 is 0 Å². The van der Waals surface area contributed by atoms with Crippen molar-refractivity contribution in [3.8, 4) is 38.8 Å². The van der Waals surface area contributed by atoms with Gasteiger partial charge in [0.2, 0.25) is 5.89 Å². The van der Waals surface area contributed by atoms with Gasteiger partial charge in [0.05, 0.1) is 21.3 Å². The van der Waals surface area contributed by atoms with Crippen LogP contribution in [0, 0.1) is 0 Å². The van der Waals surface area contributed by atoms with Crippen LogP contribution in [-0.4, -0.2) is 14.5 Å². The van der Waals surface area contributed by atoms with Gasteiger partial charge < -0.3 is 8.98 Å². The van der Waals surface area contributed by atoms with Crippen LogP contribution in [0.2, 0.25) is 0 Å². The predicted octanol–water partition coefficient (Wildman–Crippen LogP) is 11.7. The molecule has 0 saturated carbocycles. The number of oxazole rings is 1. The number of nitrogens with zero attached hydrogens (tertiary/aromatic N) is 3. The Bertz CT molecular complexity index is 2600. The minimum Gasteiger partial charge on any atom is -0.436 e. The fraction of sp³-hybridized carbons (Fsp3) is 0. The average Bonchev–Trinajstić information content (AvgIpc) is 3.85. The standard InChI is InChI=1S/C42H25N3OS/c1-2-10-31-26(8-1)9-7-11-32(31)27-16-20-30(21-17-27)45-37-22-18-28(41-43-35-12-3-5-14-39(35)46-41)24-33(37)34-25-29(19-23-38(34)45)42-44-36-13-4-6-15-40(36)47-42/h1-25H. The molecule has 4 nitrogen and oxygen atoms in total. The van der Waals surface area contributed by atoms with Crippen LogP contribution in [0.25, 0.3) is 92.7 Å². The second-order valence-electron chi connectivity index (χ2n) is 11.8. The lowest BCUT2D eigenvalue weighted by Gasteiger charge is -2.11. The van der Waals surface area contributed by atoms with E-state index in [-0.39, 0.29) is 0 Å². The van der Waals surface area contributed by atoms with Crippen LogP contribution in [0.5, 0.6) is 0 Å². The first kappa shape index (κ1) is 26.2. The van der Waals surface area contributed by atoms with Crippen LogP contribution in [-0.2, 0) is 0 Å². The summed E-state index contributed by atoms with van der Waals surface area (Å²) in [7, 11) is 0. The first-order valence-electron chi connectivity index (χ1n) is 15.7. The molecule has 0 unspecified atom stereocenters. The monoisotopic (exact) mass is 619 g/mol. The molecule has 10 aromatic rings. The van der Waals surface area contributed by atoms with Gasteiger partial charge in [-0.2, -0.15) is 0 Å². The Morgan fingerprint density at radius 2 is 1.19 bits per heavy atom. The highest BCUT2D eigenvalue weighted by molar-refractivity contribution is 7.21. The Balaban J connectivity index is 1.17. The van der Waals surface area contributed by atoms with E-state index in [0.29, 0.717) is 5.89 Å². The summed E-state index contributed by atoms with van der Waals surface area (Å²) < 4.78 is 9.74. The second kappa shape index (κ2) is 10.2. The summed E-state index contributed by atoms with van der Waals surface area (Å²) in [5.74, 6) is 0.621. The molecule has 0 radical (unpaired) electrons. The molecule has 5 heteroatoms. The van der Waals surface area contributed by atoms with Crippen LogP contribution in [0.15, 0.2) is 156 Å². The zero-order valence-corrected chi connectivity index (χ0v) is 25.9. The molecule has 0 spiro atoms. The smallest absolute Gasteiger partial charge is 0.227 e. The summed E-state index contributed by atoms with van der Waals surface area (Å²) in [5.41, 5.74) is 10.5. The molecule has 0 N–H and O–H groups in total. The van der Waals surface area contributed by atoms with E-state index in [1.807, 2.05) is 30.3 Å². The maximum Gasteiger partial charge on any atom is 0.227 e. The molecule has 220 valence electrons. The SMILES string of the molecule is c1ccc2c(-c3ccc(-n4c5ccc(-c6nc7ccccc7o6)cc5c5cc(-c6nc7ccccc7s6)ccc54)cc3)cccc2c1. The molecule has 3 aromatic heterocycles. The van der Waals surface area contributed by atoms with Crippen molar-refractivity contribution in [3.05, 3.63) is 152 Å². The Hall–Kier alpha value is -6.04.